The van der Waals surface area contributed by atoms with Crippen molar-refractivity contribution in [3.63, 3.8) is 0 Å². The molecule has 3 aromatic rings. The molecule has 1 heterocycles. The van der Waals surface area contributed by atoms with Gasteiger partial charge in [0.25, 0.3) is 0 Å². The van der Waals surface area contributed by atoms with Crippen molar-refractivity contribution in [2.75, 3.05) is 32.1 Å². The van der Waals surface area contributed by atoms with Crippen LogP contribution in [0.25, 0.3) is 22.2 Å². The van der Waals surface area contributed by atoms with Crippen molar-refractivity contribution >= 4 is 40.1 Å². The number of methoxy groups -OCH3 is 1. The van der Waals surface area contributed by atoms with Crippen molar-refractivity contribution in [3.05, 3.63) is 54.6 Å². The van der Waals surface area contributed by atoms with Gasteiger partial charge in [0.2, 0.25) is 0 Å². The first-order valence-corrected chi connectivity index (χ1v) is 17.7. The van der Waals surface area contributed by atoms with Gasteiger partial charge >= 0.3 is 23.5 Å². The molecule has 0 saturated heterocycles. The van der Waals surface area contributed by atoms with Gasteiger partial charge in [0.15, 0.2) is 0 Å². The number of nitrogens with zero attached hydrogens (tertiary/aromatic N) is 2. The molecule has 1 atom stereocenters. The molecule has 0 spiro atoms. The van der Waals surface area contributed by atoms with Gasteiger partial charge < -0.3 is 59.0 Å². The van der Waals surface area contributed by atoms with Crippen LogP contribution in [0, 0.1) is 0 Å². The standard InChI is InChI=1S/C25H33N3O.3H3O4P/c1-5-28(6-2)16-10-11-19(3)26-25-18-23(20-12-8-7-9-13-20)27-24-17-21(29-4)14-15-22(24)25;3*1-5(2,3)4/h7-9,12-15,17-19H,5-6,10-11,16H2,1-4H3,(H,26,27);3*(H3,1,2,3,4). The first kappa shape index (κ1) is 41.7. The van der Waals surface area contributed by atoms with Gasteiger partial charge in [0.1, 0.15) is 5.75 Å². The molecule has 2 aromatic carbocycles. The molecular weight excluding hydrogens is 643 g/mol. The lowest BCUT2D eigenvalue weighted by Crippen LogP contribution is -2.25. The number of benzene rings is 2. The Morgan fingerprint density at radius 1 is 0.818 bits per heavy atom. The van der Waals surface area contributed by atoms with Crippen molar-refractivity contribution < 1.29 is 62.5 Å². The van der Waals surface area contributed by atoms with E-state index in [1.165, 1.54) is 6.42 Å². The zero-order valence-electron chi connectivity index (χ0n) is 24.7. The van der Waals surface area contributed by atoms with Crippen LogP contribution in [0.5, 0.6) is 5.75 Å². The minimum atomic E-state index is -4.64. The van der Waals surface area contributed by atoms with E-state index in [4.69, 9.17) is 67.5 Å². The highest BCUT2D eigenvalue weighted by Gasteiger charge is 2.12. The second kappa shape index (κ2) is 20.0. The van der Waals surface area contributed by atoms with Gasteiger partial charge in [-0.3, -0.25) is 0 Å². The van der Waals surface area contributed by atoms with Gasteiger partial charge in [-0.05, 0) is 57.6 Å². The quantitative estimate of drug-likeness (QED) is 0.137. The van der Waals surface area contributed by atoms with Gasteiger partial charge in [-0.15, -0.1) is 0 Å². The highest BCUT2D eigenvalue weighted by Crippen LogP contribution is 2.31. The summed E-state index contributed by atoms with van der Waals surface area (Å²) in [6.07, 6.45) is 2.33. The Bertz CT molecular complexity index is 1320. The first-order chi connectivity index (χ1) is 20.1. The molecule has 16 nitrogen and oxygen atoms in total. The lowest BCUT2D eigenvalue weighted by atomic mass is 10.1. The van der Waals surface area contributed by atoms with E-state index < -0.39 is 23.5 Å². The van der Waals surface area contributed by atoms with Crippen LogP contribution < -0.4 is 10.1 Å². The molecule has 1 unspecified atom stereocenters. The number of anilines is 1. The molecule has 0 saturated carbocycles. The minimum Gasteiger partial charge on any atom is -0.497 e. The second-order valence-corrected chi connectivity index (χ2v) is 12.1. The number of fused-ring (bicyclic) bond motifs is 1. The zero-order chi connectivity index (χ0) is 34.1. The predicted octanol–water partition coefficient (Wildman–Crippen LogP) is 3.05. The van der Waals surface area contributed by atoms with Crippen LogP contribution in [0.3, 0.4) is 0 Å². The van der Waals surface area contributed by atoms with E-state index in [9.17, 15) is 0 Å². The number of aromatic nitrogens is 1. The SMILES string of the molecule is CCN(CC)CCCC(C)Nc1cc(-c2ccccc2)nc2cc(OC)ccc12.O=P(O)(O)O.O=P(O)(O)O.O=P(O)(O)O. The third kappa shape index (κ3) is 23.2. The first-order valence-electron chi connectivity index (χ1n) is 13.0. The third-order valence-electron chi connectivity index (χ3n) is 5.49. The molecule has 0 aliphatic rings. The van der Waals surface area contributed by atoms with E-state index in [2.05, 4.69) is 67.4 Å². The fourth-order valence-electron chi connectivity index (χ4n) is 3.71. The zero-order valence-corrected chi connectivity index (χ0v) is 27.4. The fraction of sp³-hybridized carbons (Fsp3) is 0.400. The summed E-state index contributed by atoms with van der Waals surface area (Å²) in [5.41, 5.74) is 4.18. The maximum atomic E-state index is 8.88. The molecule has 19 heteroatoms. The Morgan fingerprint density at radius 3 is 1.77 bits per heavy atom. The summed E-state index contributed by atoms with van der Waals surface area (Å²) in [5, 5.41) is 4.87. The monoisotopic (exact) mass is 685 g/mol. The number of hydrogen-bond donors (Lipinski definition) is 10. The van der Waals surface area contributed by atoms with Crippen LogP contribution in [0.4, 0.5) is 5.69 Å². The Morgan fingerprint density at radius 2 is 1.32 bits per heavy atom. The molecule has 10 N–H and O–H groups in total. The summed E-state index contributed by atoms with van der Waals surface area (Å²) in [6.45, 7) is 10.1. The fourth-order valence-corrected chi connectivity index (χ4v) is 3.71. The van der Waals surface area contributed by atoms with Gasteiger partial charge in [-0.25, -0.2) is 18.7 Å². The second-order valence-electron chi connectivity index (χ2n) is 9.06. The highest BCUT2D eigenvalue weighted by atomic mass is 31.2. The summed E-state index contributed by atoms with van der Waals surface area (Å²) >= 11 is 0. The molecule has 0 fully saturated rings. The molecular formula is C25H42N3O13P3. The highest BCUT2D eigenvalue weighted by molar-refractivity contribution is 7.45. The lowest BCUT2D eigenvalue weighted by molar-refractivity contribution is 0.272. The molecule has 3 rings (SSSR count). The summed E-state index contributed by atoms with van der Waals surface area (Å²) in [7, 11) is -12.2. The van der Waals surface area contributed by atoms with E-state index >= 15 is 0 Å². The van der Waals surface area contributed by atoms with Crippen LogP contribution >= 0.6 is 23.5 Å². The topological polar surface area (TPSA) is 271 Å². The molecule has 1 aromatic heterocycles. The molecule has 250 valence electrons. The van der Waals surface area contributed by atoms with Crippen LogP contribution in [0.15, 0.2) is 54.6 Å². The van der Waals surface area contributed by atoms with Crippen LogP contribution in [-0.4, -0.2) is 86.7 Å². The maximum Gasteiger partial charge on any atom is 0.466 e. The number of hydrogen-bond acceptors (Lipinski definition) is 7. The van der Waals surface area contributed by atoms with Gasteiger partial charge in [0.05, 0.1) is 18.3 Å². The predicted molar refractivity (Wildman–Crippen MR) is 167 cm³/mol. The third-order valence-corrected chi connectivity index (χ3v) is 5.49. The van der Waals surface area contributed by atoms with Crippen molar-refractivity contribution in [1.82, 2.24) is 9.88 Å². The summed E-state index contributed by atoms with van der Waals surface area (Å²) in [6, 6.07) is 19.0. The maximum absolute atomic E-state index is 8.88. The summed E-state index contributed by atoms with van der Waals surface area (Å²) in [4.78, 5) is 72.1. The number of rotatable bonds is 10. The van der Waals surface area contributed by atoms with Crippen molar-refractivity contribution in [2.45, 2.75) is 39.7 Å². The number of phosphoric acid groups is 3. The van der Waals surface area contributed by atoms with Gasteiger partial charge in [-0.1, -0.05) is 44.2 Å². The summed E-state index contributed by atoms with van der Waals surface area (Å²) in [5.74, 6) is 0.827. The summed E-state index contributed by atoms with van der Waals surface area (Å²) < 4.78 is 32.1. The average molecular weight is 686 g/mol. The molecule has 44 heavy (non-hydrogen) atoms. The van der Waals surface area contributed by atoms with E-state index in [0.717, 1.165) is 59.7 Å². The number of nitrogens with one attached hydrogen (secondary N) is 1. The average Bonchev–Trinajstić information content (AvgIpc) is 2.88. The van der Waals surface area contributed by atoms with E-state index in [-0.39, 0.29) is 0 Å². The van der Waals surface area contributed by atoms with Crippen molar-refractivity contribution in [3.8, 4) is 17.0 Å². The van der Waals surface area contributed by atoms with Crippen LogP contribution in [0.2, 0.25) is 0 Å². The smallest absolute Gasteiger partial charge is 0.466 e. The van der Waals surface area contributed by atoms with Crippen molar-refractivity contribution in [1.29, 1.82) is 0 Å². The van der Waals surface area contributed by atoms with Gasteiger partial charge in [0, 0.05) is 28.7 Å². The van der Waals surface area contributed by atoms with Crippen LogP contribution in [0.1, 0.15) is 33.6 Å². The Labute approximate surface area is 255 Å². The molecule has 0 radical (unpaired) electrons. The van der Waals surface area contributed by atoms with E-state index in [1.54, 1.807) is 7.11 Å². The normalized spacial score (nSPS) is 12.1. The largest absolute Gasteiger partial charge is 0.497 e. The number of ether oxygens (including phenoxy) is 1. The molecule has 0 aliphatic heterocycles. The Hall–Kier alpha value is -2.26. The molecule has 0 amide bonds. The van der Waals surface area contributed by atoms with Gasteiger partial charge in [-0.2, -0.15) is 0 Å². The Balaban J connectivity index is 0.00000102. The van der Waals surface area contributed by atoms with Crippen molar-refractivity contribution in [2.24, 2.45) is 0 Å². The minimum absolute atomic E-state index is 0.391. The van der Waals surface area contributed by atoms with E-state index in [0.29, 0.717) is 6.04 Å². The molecule has 0 aliphatic carbocycles. The van der Waals surface area contributed by atoms with E-state index in [1.807, 2.05) is 18.2 Å². The Kier molecular flexibility index (Phi) is 19.0. The lowest BCUT2D eigenvalue weighted by Gasteiger charge is -2.21. The molecule has 0 bridgehead atoms. The van der Waals surface area contributed by atoms with Crippen LogP contribution in [-0.2, 0) is 13.7 Å². The number of pyridine rings is 1.